The molecular weight excluding hydrogens is 359 g/mol. The maximum absolute atomic E-state index is 13.6. The van der Waals surface area contributed by atoms with Crippen molar-refractivity contribution in [3.63, 3.8) is 0 Å². The van der Waals surface area contributed by atoms with E-state index in [0.717, 1.165) is 24.0 Å². The van der Waals surface area contributed by atoms with Crippen molar-refractivity contribution in [2.75, 3.05) is 33.3 Å². The van der Waals surface area contributed by atoms with Gasteiger partial charge in [-0.15, -0.1) is 10.2 Å². The van der Waals surface area contributed by atoms with Crippen LogP contribution in [0.5, 0.6) is 5.75 Å². The van der Waals surface area contributed by atoms with Crippen molar-refractivity contribution in [2.24, 2.45) is 4.99 Å². The Labute approximate surface area is 163 Å². The number of likely N-dealkylation sites (N-methyl/N-ethyl adjacent to an activating group) is 1. The molecule has 0 atom stereocenters. The Balaban J connectivity index is 1.54. The van der Waals surface area contributed by atoms with E-state index in [4.69, 9.17) is 4.74 Å². The molecule has 28 heavy (non-hydrogen) atoms. The van der Waals surface area contributed by atoms with E-state index in [1.807, 2.05) is 47.7 Å². The normalized spacial score (nSPS) is 11.6. The lowest BCUT2D eigenvalue weighted by atomic mass is 10.3. The minimum atomic E-state index is -0.355. The predicted molar refractivity (Wildman–Crippen MR) is 107 cm³/mol. The first-order valence-corrected chi connectivity index (χ1v) is 9.34. The molecule has 2 heterocycles. The molecule has 1 aromatic carbocycles. The fourth-order valence-corrected chi connectivity index (χ4v) is 2.75. The van der Waals surface area contributed by atoms with Gasteiger partial charge >= 0.3 is 0 Å². The van der Waals surface area contributed by atoms with E-state index < -0.39 is 0 Å². The summed E-state index contributed by atoms with van der Waals surface area (Å²) in [5.41, 5.74) is 0.829. The molecule has 7 nitrogen and oxygen atoms in total. The molecule has 0 aliphatic heterocycles. The van der Waals surface area contributed by atoms with Crippen LogP contribution in [0.1, 0.15) is 12.7 Å². The molecule has 0 aliphatic carbocycles. The van der Waals surface area contributed by atoms with E-state index in [9.17, 15) is 4.39 Å². The fraction of sp³-hybridized carbons (Fsp3) is 0.350. The molecule has 0 fully saturated rings. The lowest BCUT2D eigenvalue weighted by molar-refractivity contribution is 0.270. The van der Waals surface area contributed by atoms with Crippen molar-refractivity contribution in [1.29, 1.82) is 0 Å². The van der Waals surface area contributed by atoms with Crippen molar-refractivity contribution in [1.82, 2.24) is 24.8 Å². The van der Waals surface area contributed by atoms with Gasteiger partial charge in [0, 0.05) is 32.8 Å². The van der Waals surface area contributed by atoms with Crippen LogP contribution in [0.2, 0.25) is 0 Å². The maximum atomic E-state index is 13.6. The first kappa shape index (κ1) is 19.6. The molecule has 0 saturated heterocycles. The lowest BCUT2D eigenvalue weighted by Gasteiger charge is -2.22. The van der Waals surface area contributed by atoms with Gasteiger partial charge in [0.25, 0.3) is 0 Å². The highest BCUT2D eigenvalue weighted by molar-refractivity contribution is 5.79. The zero-order valence-corrected chi connectivity index (χ0v) is 16.2. The van der Waals surface area contributed by atoms with E-state index in [1.165, 1.54) is 6.07 Å². The first-order chi connectivity index (χ1) is 13.7. The Bertz CT molecular complexity index is 926. The third-order valence-corrected chi connectivity index (χ3v) is 4.20. The second-order valence-corrected chi connectivity index (χ2v) is 6.23. The molecular formula is C20H25FN6O. The number of nitrogens with zero attached hydrogens (tertiary/aromatic N) is 5. The van der Waals surface area contributed by atoms with Gasteiger partial charge in [-0.3, -0.25) is 9.39 Å². The molecule has 148 valence electrons. The third-order valence-electron chi connectivity index (χ3n) is 4.20. The van der Waals surface area contributed by atoms with Crippen LogP contribution in [0.4, 0.5) is 4.39 Å². The first-order valence-electron chi connectivity index (χ1n) is 9.34. The smallest absolute Gasteiger partial charge is 0.193 e. The Morgan fingerprint density at radius 2 is 2.04 bits per heavy atom. The van der Waals surface area contributed by atoms with Crippen molar-refractivity contribution in [3.05, 3.63) is 60.3 Å². The Morgan fingerprint density at radius 1 is 1.21 bits per heavy atom. The summed E-state index contributed by atoms with van der Waals surface area (Å²) < 4.78 is 21.1. The van der Waals surface area contributed by atoms with Crippen LogP contribution in [-0.2, 0) is 6.42 Å². The monoisotopic (exact) mass is 384 g/mol. The molecule has 8 heteroatoms. The third kappa shape index (κ3) is 4.97. The van der Waals surface area contributed by atoms with Crippen molar-refractivity contribution in [2.45, 2.75) is 13.3 Å². The molecule has 3 rings (SSSR count). The van der Waals surface area contributed by atoms with Gasteiger partial charge in [-0.25, -0.2) is 4.39 Å². The van der Waals surface area contributed by atoms with Gasteiger partial charge in [-0.1, -0.05) is 18.2 Å². The largest absolute Gasteiger partial charge is 0.489 e. The predicted octanol–water partition coefficient (Wildman–Crippen LogP) is 2.39. The molecule has 0 radical (unpaired) electrons. The van der Waals surface area contributed by atoms with Crippen LogP contribution < -0.4 is 10.1 Å². The number of pyridine rings is 1. The summed E-state index contributed by atoms with van der Waals surface area (Å²) in [7, 11) is 1.93. The lowest BCUT2D eigenvalue weighted by Crippen LogP contribution is -2.41. The standard InChI is InChI=1S/C20H25FN6O/c1-3-22-20(26(2)14-15-28-17-9-5-4-8-16(17)21)23-12-11-19-25-24-18-10-6-7-13-27(18)19/h4-10,13H,3,11-12,14-15H2,1-2H3,(H,22,23). The summed E-state index contributed by atoms with van der Waals surface area (Å²) >= 11 is 0. The number of aromatic nitrogens is 3. The molecule has 0 spiro atoms. The van der Waals surface area contributed by atoms with Crippen molar-refractivity contribution in [3.8, 4) is 5.75 Å². The molecule has 2 aromatic heterocycles. The summed E-state index contributed by atoms with van der Waals surface area (Å²) in [6, 6.07) is 12.2. The summed E-state index contributed by atoms with van der Waals surface area (Å²) in [5.74, 6) is 1.55. The van der Waals surface area contributed by atoms with E-state index in [-0.39, 0.29) is 11.6 Å². The number of rotatable bonds is 8. The average Bonchev–Trinajstić information content (AvgIpc) is 3.12. The number of halogens is 1. The van der Waals surface area contributed by atoms with Gasteiger partial charge in [0.15, 0.2) is 23.2 Å². The average molecular weight is 384 g/mol. The topological polar surface area (TPSA) is 67.0 Å². The number of fused-ring (bicyclic) bond motifs is 1. The van der Waals surface area contributed by atoms with Gasteiger partial charge in [0.05, 0.1) is 6.54 Å². The van der Waals surface area contributed by atoms with Crippen molar-refractivity contribution < 1.29 is 9.13 Å². The minimum Gasteiger partial charge on any atom is -0.489 e. The van der Waals surface area contributed by atoms with Crippen LogP contribution in [0, 0.1) is 5.82 Å². The zero-order valence-electron chi connectivity index (χ0n) is 16.2. The number of ether oxygens (including phenoxy) is 1. The number of nitrogens with one attached hydrogen (secondary N) is 1. The maximum Gasteiger partial charge on any atom is 0.193 e. The van der Waals surface area contributed by atoms with Crippen LogP contribution >= 0.6 is 0 Å². The summed E-state index contributed by atoms with van der Waals surface area (Å²) in [4.78, 5) is 6.62. The number of hydrogen-bond acceptors (Lipinski definition) is 4. The van der Waals surface area contributed by atoms with Gasteiger partial charge < -0.3 is 15.0 Å². The van der Waals surface area contributed by atoms with E-state index in [2.05, 4.69) is 20.5 Å². The Kier molecular flexibility index (Phi) is 6.78. The molecule has 0 unspecified atom stereocenters. The number of aliphatic imine (C=N–C) groups is 1. The zero-order chi connectivity index (χ0) is 19.8. The van der Waals surface area contributed by atoms with Gasteiger partial charge in [-0.05, 0) is 31.2 Å². The van der Waals surface area contributed by atoms with Crippen LogP contribution in [-0.4, -0.2) is 58.7 Å². The van der Waals surface area contributed by atoms with Crippen LogP contribution in [0.3, 0.4) is 0 Å². The van der Waals surface area contributed by atoms with Gasteiger partial charge in [-0.2, -0.15) is 0 Å². The second kappa shape index (κ2) is 9.68. The number of para-hydroxylation sites is 1. The van der Waals surface area contributed by atoms with Gasteiger partial charge in [0.2, 0.25) is 0 Å². The number of hydrogen-bond donors (Lipinski definition) is 1. The highest BCUT2D eigenvalue weighted by Gasteiger charge is 2.08. The van der Waals surface area contributed by atoms with Crippen LogP contribution in [0.25, 0.3) is 5.65 Å². The van der Waals surface area contributed by atoms with Crippen LogP contribution in [0.15, 0.2) is 53.7 Å². The second-order valence-electron chi connectivity index (χ2n) is 6.23. The van der Waals surface area contributed by atoms with Crippen molar-refractivity contribution >= 4 is 11.6 Å². The Hall–Kier alpha value is -3.16. The molecule has 0 saturated carbocycles. The fourth-order valence-electron chi connectivity index (χ4n) is 2.75. The summed E-state index contributed by atoms with van der Waals surface area (Å²) in [5, 5.41) is 11.6. The number of benzene rings is 1. The summed E-state index contributed by atoms with van der Waals surface area (Å²) in [6.45, 7) is 4.29. The SMILES string of the molecule is CCNC(=NCCc1nnc2ccccn12)N(C)CCOc1ccccc1F. The van der Waals surface area contributed by atoms with E-state index >= 15 is 0 Å². The highest BCUT2D eigenvalue weighted by atomic mass is 19.1. The molecule has 0 aliphatic rings. The highest BCUT2D eigenvalue weighted by Crippen LogP contribution is 2.15. The minimum absolute atomic E-state index is 0.261. The summed E-state index contributed by atoms with van der Waals surface area (Å²) in [6.07, 6.45) is 2.63. The quantitative estimate of drug-likeness (QED) is 0.477. The molecule has 1 N–H and O–H groups in total. The number of guanidine groups is 1. The van der Waals surface area contributed by atoms with E-state index in [0.29, 0.717) is 26.1 Å². The molecule has 0 bridgehead atoms. The molecule has 0 amide bonds. The Morgan fingerprint density at radius 3 is 2.86 bits per heavy atom. The van der Waals surface area contributed by atoms with E-state index in [1.54, 1.807) is 18.2 Å². The van der Waals surface area contributed by atoms with Gasteiger partial charge in [0.1, 0.15) is 12.4 Å². The molecule has 3 aromatic rings.